The lowest BCUT2D eigenvalue weighted by Gasteiger charge is -2.11. The maximum Gasteiger partial charge on any atom is 0.418 e. The maximum absolute atomic E-state index is 12.8. The van der Waals surface area contributed by atoms with Crippen LogP contribution in [0.5, 0.6) is 0 Å². The summed E-state index contributed by atoms with van der Waals surface area (Å²) in [5, 5.41) is 10.7. The fourth-order valence-corrected chi connectivity index (χ4v) is 1.81. The van der Waals surface area contributed by atoms with Crippen LogP contribution >= 0.6 is 27.7 Å². The van der Waals surface area contributed by atoms with Gasteiger partial charge in [-0.2, -0.15) is 18.4 Å². The third-order valence-corrected chi connectivity index (χ3v) is 2.92. The van der Waals surface area contributed by atoms with Crippen LogP contribution in [0.25, 0.3) is 0 Å². The first-order chi connectivity index (χ1) is 8.38. The SMILES string of the molecule is CSC(=Nc1ccc(Br)cc1C(F)(F)F)NC#N. The van der Waals surface area contributed by atoms with Crippen LogP contribution in [-0.4, -0.2) is 11.4 Å². The van der Waals surface area contributed by atoms with Gasteiger partial charge in [0.05, 0.1) is 11.3 Å². The fourth-order valence-electron chi connectivity index (χ4n) is 1.11. The molecule has 0 unspecified atom stereocenters. The van der Waals surface area contributed by atoms with Crippen molar-refractivity contribution < 1.29 is 13.2 Å². The summed E-state index contributed by atoms with van der Waals surface area (Å²) in [5.41, 5.74) is -1.10. The summed E-state index contributed by atoms with van der Waals surface area (Å²) in [6, 6.07) is 3.64. The standard InChI is InChI=1S/C10H7BrF3N3S/c1-18-9(16-5-15)17-8-3-2-6(11)4-7(8)10(12,13)14/h2-4H,1H3,(H,16,17). The molecule has 1 aromatic rings. The van der Waals surface area contributed by atoms with Crippen molar-refractivity contribution in [2.24, 2.45) is 4.99 Å². The molecule has 8 heteroatoms. The zero-order chi connectivity index (χ0) is 13.8. The third-order valence-electron chi connectivity index (χ3n) is 1.84. The molecule has 0 aromatic heterocycles. The van der Waals surface area contributed by atoms with Gasteiger partial charge in [-0.3, -0.25) is 5.32 Å². The van der Waals surface area contributed by atoms with Gasteiger partial charge in [-0.15, -0.1) is 0 Å². The molecule has 0 bridgehead atoms. The van der Waals surface area contributed by atoms with Crippen molar-refractivity contribution in [1.29, 1.82) is 5.26 Å². The van der Waals surface area contributed by atoms with Crippen molar-refractivity contribution in [3.63, 3.8) is 0 Å². The van der Waals surface area contributed by atoms with Gasteiger partial charge in [0.2, 0.25) is 0 Å². The summed E-state index contributed by atoms with van der Waals surface area (Å²) in [5.74, 6) is 0. The van der Waals surface area contributed by atoms with Gasteiger partial charge < -0.3 is 0 Å². The van der Waals surface area contributed by atoms with E-state index in [1.165, 1.54) is 12.1 Å². The normalized spacial score (nSPS) is 12.1. The quantitative estimate of drug-likeness (QED) is 0.366. The Labute approximate surface area is 114 Å². The van der Waals surface area contributed by atoms with Crippen LogP contribution < -0.4 is 5.32 Å². The Hall–Kier alpha value is -1.20. The molecule has 0 saturated heterocycles. The van der Waals surface area contributed by atoms with Crippen LogP contribution in [0.15, 0.2) is 27.7 Å². The van der Waals surface area contributed by atoms with Gasteiger partial charge in [-0.1, -0.05) is 27.7 Å². The van der Waals surface area contributed by atoms with Crippen LogP contribution in [0.1, 0.15) is 5.56 Å². The molecular formula is C10H7BrF3N3S. The second kappa shape index (κ2) is 6.11. The predicted molar refractivity (Wildman–Crippen MR) is 68.5 cm³/mol. The lowest BCUT2D eigenvalue weighted by molar-refractivity contribution is -0.137. The average molecular weight is 338 g/mol. The highest BCUT2D eigenvalue weighted by Crippen LogP contribution is 2.38. The highest BCUT2D eigenvalue weighted by Gasteiger charge is 2.33. The highest BCUT2D eigenvalue weighted by atomic mass is 79.9. The molecule has 0 radical (unpaired) electrons. The number of halogens is 4. The van der Waals surface area contributed by atoms with Crippen molar-refractivity contribution >= 4 is 38.5 Å². The van der Waals surface area contributed by atoms with Gasteiger partial charge in [0.25, 0.3) is 0 Å². The van der Waals surface area contributed by atoms with E-state index in [1.54, 1.807) is 12.4 Å². The molecule has 0 amide bonds. The maximum atomic E-state index is 12.8. The lowest BCUT2D eigenvalue weighted by atomic mass is 10.2. The molecule has 0 fully saturated rings. The van der Waals surface area contributed by atoms with Crippen LogP contribution in [0.3, 0.4) is 0 Å². The predicted octanol–water partition coefficient (Wildman–Crippen LogP) is 3.89. The molecule has 1 aromatic carbocycles. The van der Waals surface area contributed by atoms with E-state index in [4.69, 9.17) is 5.26 Å². The molecule has 0 heterocycles. The van der Waals surface area contributed by atoms with Crippen molar-refractivity contribution in [3.8, 4) is 6.19 Å². The number of amidine groups is 1. The van der Waals surface area contributed by atoms with E-state index >= 15 is 0 Å². The van der Waals surface area contributed by atoms with E-state index in [9.17, 15) is 13.2 Å². The largest absolute Gasteiger partial charge is 0.418 e. The molecule has 3 nitrogen and oxygen atoms in total. The van der Waals surface area contributed by atoms with Crippen molar-refractivity contribution in [2.45, 2.75) is 6.18 Å². The first-order valence-corrected chi connectivity index (χ1v) is 6.54. The number of hydrogen-bond acceptors (Lipinski definition) is 3. The van der Waals surface area contributed by atoms with Crippen LogP contribution in [0.4, 0.5) is 18.9 Å². The fraction of sp³-hybridized carbons (Fsp3) is 0.200. The van der Waals surface area contributed by atoms with Gasteiger partial charge in [0.15, 0.2) is 11.4 Å². The average Bonchev–Trinajstić information content (AvgIpc) is 2.29. The Morgan fingerprint density at radius 2 is 2.17 bits per heavy atom. The second-order valence-electron chi connectivity index (χ2n) is 3.02. The number of aliphatic imine (C=N–C) groups is 1. The Kier molecular flexibility index (Phi) is 5.04. The summed E-state index contributed by atoms with van der Waals surface area (Å²) < 4.78 is 38.7. The molecule has 0 spiro atoms. The number of benzene rings is 1. The number of nitrogens with zero attached hydrogens (tertiary/aromatic N) is 2. The minimum Gasteiger partial charge on any atom is -0.271 e. The molecule has 0 aliphatic rings. The number of nitrogens with one attached hydrogen (secondary N) is 1. The topological polar surface area (TPSA) is 48.2 Å². The summed E-state index contributed by atoms with van der Waals surface area (Å²) in [4.78, 5) is 3.78. The van der Waals surface area contributed by atoms with Gasteiger partial charge in [-0.05, 0) is 24.5 Å². The first-order valence-electron chi connectivity index (χ1n) is 4.53. The lowest BCUT2D eigenvalue weighted by Crippen LogP contribution is -2.13. The summed E-state index contributed by atoms with van der Waals surface area (Å²) >= 11 is 4.03. The van der Waals surface area contributed by atoms with E-state index in [2.05, 4.69) is 26.2 Å². The molecule has 96 valence electrons. The third kappa shape index (κ3) is 3.92. The summed E-state index contributed by atoms with van der Waals surface area (Å²) in [7, 11) is 0. The van der Waals surface area contributed by atoms with E-state index in [0.717, 1.165) is 17.8 Å². The van der Waals surface area contributed by atoms with Gasteiger partial charge in [-0.25, -0.2) is 4.99 Å². The van der Waals surface area contributed by atoms with Crippen LogP contribution in [-0.2, 0) is 6.18 Å². The zero-order valence-corrected chi connectivity index (χ0v) is 11.4. The van der Waals surface area contributed by atoms with Gasteiger partial charge in [0.1, 0.15) is 0 Å². The molecule has 0 aliphatic carbocycles. The summed E-state index contributed by atoms with van der Waals surface area (Å²) in [6.07, 6.45) is -1.28. The highest BCUT2D eigenvalue weighted by molar-refractivity contribution is 9.10. The molecule has 1 N–H and O–H groups in total. The molecule has 0 aliphatic heterocycles. The number of alkyl halides is 3. The first kappa shape index (κ1) is 14.9. The minimum absolute atomic E-state index is 0.102. The van der Waals surface area contributed by atoms with E-state index in [1.807, 2.05) is 0 Å². The second-order valence-corrected chi connectivity index (χ2v) is 4.73. The molecule has 18 heavy (non-hydrogen) atoms. The number of hydrogen-bond donors (Lipinski definition) is 1. The Bertz CT molecular complexity index is 508. The van der Waals surface area contributed by atoms with Crippen LogP contribution in [0.2, 0.25) is 0 Å². The number of rotatable bonds is 1. The van der Waals surface area contributed by atoms with E-state index < -0.39 is 11.7 Å². The molecule has 0 atom stereocenters. The molecule has 1 rings (SSSR count). The van der Waals surface area contributed by atoms with Crippen molar-refractivity contribution in [2.75, 3.05) is 6.26 Å². The van der Waals surface area contributed by atoms with Crippen molar-refractivity contribution in [3.05, 3.63) is 28.2 Å². The number of thioether (sulfide) groups is 1. The monoisotopic (exact) mass is 337 g/mol. The Morgan fingerprint density at radius 1 is 1.50 bits per heavy atom. The summed E-state index contributed by atoms with van der Waals surface area (Å²) in [6.45, 7) is 0. The van der Waals surface area contributed by atoms with E-state index in [0.29, 0.717) is 4.47 Å². The zero-order valence-electron chi connectivity index (χ0n) is 9.05. The van der Waals surface area contributed by atoms with Gasteiger partial charge in [0, 0.05) is 4.47 Å². The Morgan fingerprint density at radius 3 is 2.67 bits per heavy atom. The minimum atomic E-state index is -4.50. The molecular weight excluding hydrogens is 331 g/mol. The van der Waals surface area contributed by atoms with Crippen molar-refractivity contribution in [1.82, 2.24) is 5.32 Å². The van der Waals surface area contributed by atoms with E-state index in [-0.39, 0.29) is 10.9 Å². The Balaban J connectivity index is 3.29. The number of nitriles is 1. The van der Waals surface area contributed by atoms with Gasteiger partial charge >= 0.3 is 6.18 Å². The molecule has 0 saturated carbocycles. The smallest absolute Gasteiger partial charge is 0.271 e. The van der Waals surface area contributed by atoms with Crippen LogP contribution in [0, 0.1) is 11.5 Å².